The molecule has 0 saturated carbocycles. The maximum atomic E-state index is 12.3. The number of hydrogen-bond acceptors (Lipinski definition) is 4. The number of fused-ring (bicyclic) bond motifs is 1. The number of benzene rings is 1. The van der Waals surface area contributed by atoms with E-state index in [1.54, 1.807) is 19.2 Å². The van der Waals surface area contributed by atoms with E-state index < -0.39 is 5.60 Å². The number of Topliss-reactive ketones (excluding diaryl/α,β-unsaturated/α-hetero) is 1. The van der Waals surface area contributed by atoms with Gasteiger partial charge in [0.1, 0.15) is 17.1 Å². The smallest absolute Gasteiger partial charge is 0.198 e. The number of ketones is 1. The third-order valence-electron chi connectivity index (χ3n) is 3.41. The second-order valence-electron chi connectivity index (χ2n) is 4.65. The molecule has 1 aromatic carbocycles. The van der Waals surface area contributed by atoms with Crippen LogP contribution in [0.4, 0.5) is 0 Å². The van der Waals surface area contributed by atoms with E-state index >= 15 is 0 Å². The number of carbonyl (C=O) groups excluding carboxylic acids is 1. The van der Waals surface area contributed by atoms with Crippen molar-refractivity contribution in [1.82, 2.24) is 0 Å². The SMILES string of the molecule is CCCC1(O)Cc2cc(OC)cc(OC)c2C1=O. The van der Waals surface area contributed by atoms with E-state index in [0.717, 1.165) is 12.0 Å². The van der Waals surface area contributed by atoms with Crippen LogP contribution in [0.5, 0.6) is 11.5 Å². The lowest BCUT2D eigenvalue weighted by Crippen LogP contribution is -2.35. The average molecular weight is 250 g/mol. The molecule has 4 heteroatoms. The van der Waals surface area contributed by atoms with Crippen molar-refractivity contribution in [3.63, 3.8) is 0 Å². The van der Waals surface area contributed by atoms with Crippen LogP contribution in [-0.2, 0) is 6.42 Å². The zero-order valence-corrected chi connectivity index (χ0v) is 10.9. The molecule has 1 unspecified atom stereocenters. The van der Waals surface area contributed by atoms with E-state index in [1.165, 1.54) is 7.11 Å². The van der Waals surface area contributed by atoms with Gasteiger partial charge in [0.15, 0.2) is 5.78 Å². The summed E-state index contributed by atoms with van der Waals surface area (Å²) in [5.74, 6) is 0.874. The van der Waals surface area contributed by atoms with Crippen molar-refractivity contribution in [3.05, 3.63) is 23.3 Å². The molecule has 0 heterocycles. The summed E-state index contributed by atoms with van der Waals surface area (Å²) in [5.41, 5.74) is 0.0119. The molecule has 18 heavy (non-hydrogen) atoms. The van der Waals surface area contributed by atoms with Gasteiger partial charge in [-0.2, -0.15) is 0 Å². The fourth-order valence-corrected chi connectivity index (χ4v) is 2.56. The molecule has 98 valence electrons. The first-order valence-corrected chi connectivity index (χ1v) is 6.07. The molecule has 1 aliphatic carbocycles. The monoisotopic (exact) mass is 250 g/mol. The molecule has 0 amide bonds. The van der Waals surface area contributed by atoms with Crippen molar-refractivity contribution in [3.8, 4) is 11.5 Å². The van der Waals surface area contributed by atoms with Crippen molar-refractivity contribution in [2.45, 2.75) is 31.8 Å². The fourth-order valence-electron chi connectivity index (χ4n) is 2.56. The first-order valence-electron chi connectivity index (χ1n) is 6.07. The minimum absolute atomic E-state index is 0.237. The van der Waals surface area contributed by atoms with Crippen molar-refractivity contribution < 1.29 is 19.4 Å². The molecule has 0 spiro atoms. The molecule has 1 N–H and O–H groups in total. The number of hydrogen-bond donors (Lipinski definition) is 1. The Morgan fingerprint density at radius 2 is 2.06 bits per heavy atom. The Morgan fingerprint density at radius 1 is 1.33 bits per heavy atom. The highest BCUT2D eigenvalue weighted by atomic mass is 16.5. The summed E-state index contributed by atoms with van der Waals surface area (Å²) in [5, 5.41) is 10.4. The number of methoxy groups -OCH3 is 2. The Kier molecular flexibility index (Phi) is 3.30. The third kappa shape index (κ3) is 1.86. The predicted molar refractivity (Wildman–Crippen MR) is 67.4 cm³/mol. The average Bonchev–Trinajstić information content (AvgIpc) is 2.61. The number of ether oxygens (including phenoxy) is 2. The van der Waals surface area contributed by atoms with Crippen LogP contribution in [0.3, 0.4) is 0 Å². The van der Waals surface area contributed by atoms with Crippen molar-refractivity contribution in [2.24, 2.45) is 0 Å². The summed E-state index contributed by atoms with van der Waals surface area (Å²) < 4.78 is 10.4. The predicted octanol–water partition coefficient (Wildman–Crippen LogP) is 1.97. The van der Waals surface area contributed by atoms with Gasteiger partial charge in [-0.1, -0.05) is 13.3 Å². The second kappa shape index (κ2) is 4.61. The van der Waals surface area contributed by atoms with Gasteiger partial charge in [-0.05, 0) is 18.1 Å². The van der Waals surface area contributed by atoms with E-state index in [4.69, 9.17) is 9.47 Å². The molecule has 0 fully saturated rings. The lowest BCUT2D eigenvalue weighted by molar-refractivity contribution is 0.0324. The van der Waals surface area contributed by atoms with Gasteiger partial charge >= 0.3 is 0 Å². The summed E-state index contributed by atoms with van der Waals surface area (Å²) in [6, 6.07) is 3.47. The van der Waals surface area contributed by atoms with Gasteiger partial charge in [0.05, 0.1) is 19.8 Å². The van der Waals surface area contributed by atoms with E-state index in [2.05, 4.69) is 0 Å². The molecule has 1 aromatic rings. The summed E-state index contributed by atoms with van der Waals surface area (Å²) in [4.78, 5) is 12.3. The zero-order valence-electron chi connectivity index (χ0n) is 10.9. The van der Waals surface area contributed by atoms with Gasteiger partial charge in [-0.25, -0.2) is 0 Å². The van der Waals surface area contributed by atoms with Crippen LogP contribution >= 0.6 is 0 Å². The fraction of sp³-hybridized carbons (Fsp3) is 0.500. The summed E-state index contributed by atoms with van der Waals surface area (Å²) in [6.45, 7) is 1.95. The Bertz CT molecular complexity index is 481. The van der Waals surface area contributed by atoms with Gasteiger partial charge in [0, 0.05) is 12.5 Å². The van der Waals surface area contributed by atoms with E-state index in [1.807, 2.05) is 6.92 Å². The molecule has 0 aliphatic heterocycles. The van der Waals surface area contributed by atoms with Crippen molar-refractivity contribution in [1.29, 1.82) is 0 Å². The first kappa shape index (κ1) is 12.9. The van der Waals surface area contributed by atoms with Crippen LogP contribution in [0.2, 0.25) is 0 Å². The Labute approximate surface area is 107 Å². The summed E-state index contributed by atoms with van der Waals surface area (Å²) in [7, 11) is 3.08. The number of carbonyl (C=O) groups is 1. The van der Waals surface area contributed by atoms with E-state index in [-0.39, 0.29) is 5.78 Å². The van der Waals surface area contributed by atoms with Gasteiger partial charge < -0.3 is 14.6 Å². The van der Waals surface area contributed by atoms with Gasteiger partial charge in [0.2, 0.25) is 0 Å². The molecule has 1 atom stereocenters. The van der Waals surface area contributed by atoms with E-state index in [9.17, 15) is 9.90 Å². The summed E-state index contributed by atoms with van der Waals surface area (Å²) >= 11 is 0. The molecule has 0 bridgehead atoms. The van der Waals surface area contributed by atoms with Crippen LogP contribution in [0, 0.1) is 0 Å². The maximum absolute atomic E-state index is 12.3. The van der Waals surface area contributed by atoms with Crippen molar-refractivity contribution >= 4 is 5.78 Å². The molecule has 2 rings (SSSR count). The van der Waals surface area contributed by atoms with Crippen LogP contribution < -0.4 is 9.47 Å². The Hall–Kier alpha value is -1.55. The van der Waals surface area contributed by atoms with Crippen molar-refractivity contribution in [2.75, 3.05) is 14.2 Å². The van der Waals surface area contributed by atoms with E-state index in [0.29, 0.717) is 29.9 Å². The van der Waals surface area contributed by atoms with Gasteiger partial charge in [0.25, 0.3) is 0 Å². The minimum atomic E-state index is -1.28. The van der Waals surface area contributed by atoms with Gasteiger partial charge in [-0.15, -0.1) is 0 Å². The van der Waals surface area contributed by atoms with Crippen LogP contribution in [0.15, 0.2) is 12.1 Å². The molecule has 0 saturated heterocycles. The topological polar surface area (TPSA) is 55.8 Å². The number of rotatable bonds is 4. The molecule has 1 aliphatic rings. The highest BCUT2D eigenvalue weighted by Crippen LogP contribution is 2.40. The lowest BCUT2D eigenvalue weighted by Gasteiger charge is -2.19. The second-order valence-corrected chi connectivity index (χ2v) is 4.65. The molecular formula is C14H18O4. The standard InChI is InChI=1S/C14H18O4/c1-4-5-14(16)8-9-6-10(17-2)7-11(18-3)12(9)13(14)15/h6-7,16H,4-5,8H2,1-3H3. The largest absolute Gasteiger partial charge is 0.497 e. The molecule has 0 radical (unpaired) electrons. The zero-order chi connectivity index (χ0) is 13.3. The van der Waals surface area contributed by atoms with Crippen LogP contribution in [-0.4, -0.2) is 30.7 Å². The van der Waals surface area contributed by atoms with Crippen LogP contribution in [0.1, 0.15) is 35.7 Å². The number of aliphatic hydroxyl groups is 1. The Balaban J connectivity index is 2.51. The molecule has 4 nitrogen and oxygen atoms in total. The first-order chi connectivity index (χ1) is 8.55. The van der Waals surface area contributed by atoms with Gasteiger partial charge in [-0.3, -0.25) is 4.79 Å². The molecule has 0 aromatic heterocycles. The minimum Gasteiger partial charge on any atom is -0.497 e. The quantitative estimate of drug-likeness (QED) is 0.887. The maximum Gasteiger partial charge on any atom is 0.198 e. The third-order valence-corrected chi connectivity index (χ3v) is 3.41. The Morgan fingerprint density at radius 3 is 2.61 bits per heavy atom. The lowest BCUT2D eigenvalue weighted by atomic mass is 9.93. The van der Waals surface area contributed by atoms with Crippen LogP contribution in [0.25, 0.3) is 0 Å². The highest BCUT2D eigenvalue weighted by Gasteiger charge is 2.45. The summed E-state index contributed by atoms with van der Waals surface area (Å²) in [6.07, 6.45) is 1.56. The highest BCUT2D eigenvalue weighted by molar-refractivity contribution is 6.09. The normalized spacial score (nSPS) is 21.9. The molecular weight excluding hydrogens is 232 g/mol.